The Bertz CT molecular complexity index is 656. The van der Waals surface area contributed by atoms with Gasteiger partial charge in [-0.3, -0.25) is 4.79 Å². The fraction of sp³-hybridized carbons (Fsp3) is 0.133. The molecule has 1 amide bonds. The van der Waals surface area contributed by atoms with Gasteiger partial charge in [-0.25, -0.2) is 8.78 Å². The van der Waals surface area contributed by atoms with Gasteiger partial charge in [0.25, 0.3) is 5.91 Å². The van der Waals surface area contributed by atoms with Crippen LogP contribution in [0.1, 0.15) is 15.9 Å². The molecule has 0 spiro atoms. The summed E-state index contributed by atoms with van der Waals surface area (Å²) in [6, 6.07) is 8.24. The molecule has 0 saturated heterocycles. The largest absolute Gasteiger partial charge is 0.388 e. The second-order valence-electron chi connectivity index (χ2n) is 4.36. The molecule has 2 aromatic rings. The Morgan fingerprint density at radius 2 is 1.85 bits per heavy atom. The lowest BCUT2D eigenvalue weighted by Crippen LogP contribution is -2.14. The van der Waals surface area contributed by atoms with Gasteiger partial charge in [-0.1, -0.05) is 0 Å². The highest BCUT2D eigenvalue weighted by atomic mass is 19.1. The maximum atomic E-state index is 13.5. The zero-order valence-electron chi connectivity index (χ0n) is 11.1. The number of halogens is 2. The monoisotopic (exact) mass is 276 g/mol. The first-order valence-corrected chi connectivity index (χ1v) is 6.06. The van der Waals surface area contributed by atoms with E-state index < -0.39 is 17.5 Å². The van der Waals surface area contributed by atoms with Crippen LogP contribution in [-0.4, -0.2) is 13.0 Å². The van der Waals surface area contributed by atoms with E-state index in [1.165, 1.54) is 6.07 Å². The van der Waals surface area contributed by atoms with Gasteiger partial charge >= 0.3 is 0 Å². The zero-order valence-corrected chi connectivity index (χ0v) is 11.1. The molecule has 0 atom stereocenters. The van der Waals surface area contributed by atoms with Crippen molar-refractivity contribution in [3.63, 3.8) is 0 Å². The van der Waals surface area contributed by atoms with Crippen LogP contribution in [0.4, 0.5) is 20.2 Å². The van der Waals surface area contributed by atoms with Crippen LogP contribution in [-0.2, 0) is 0 Å². The molecule has 0 aliphatic rings. The Kier molecular flexibility index (Phi) is 3.98. The molecular formula is C15H14F2N2O. The highest BCUT2D eigenvalue weighted by Crippen LogP contribution is 2.19. The Morgan fingerprint density at radius 1 is 1.10 bits per heavy atom. The smallest absolute Gasteiger partial charge is 0.256 e. The van der Waals surface area contributed by atoms with E-state index in [2.05, 4.69) is 10.6 Å². The molecule has 2 aromatic carbocycles. The molecular weight excluding hydrogens is 262 g/mol. The van der Waals surface area contributed by atoms with Crippen LogP contribution in [0, 0.1) is 18.6 Å². The number of hydrogen-bond acceptors (Lipinski definition) is 2. The van der Waals surface area contributed by atoms with E-state index in [0.29, 0.717) is 5.56 Å². The first-order chi connectivity index (χ1) is 9.51. The summed E-state index contributed by atoms with van der Waals surface area (Å²) in [6.45, 7) is 1.79. The second-order valence-corrected chi connectivity index (χ2v) is 4.36. The van der Waals surface area contributed by atoms with Crippen LogP contribution in [0.2, 0.25) is 0 Å². The van der Waals surface area contributed by atoms with Crippen LogP contribution >= 0.6 is 0 Å². The SMILES string of the molecule is CNc1ccc(C(=O)Nc2ccc(F)cc2F)c(C)c1. The van der Waals surface area contributed by atoms with E-state index >= 15 is 0 Å². The standard InChI is InChI=1S/C15H14F2N2O/c1-9-7-11(18-2)4-5-12(9)15(20)19-14-6-3-10(16)8-13(14)17/h3-8,18H,1-2H3,(H,19,20). The van der Waals surface area contributed by atoms with E-state index in [9.17, 15) is 13.6 Å². The summed E-state index contributed by atoms with van der Waals surface area (Å²) >= 11 is 0. The summed E-state index contributed by atoms with van der Waals surface area (Å²) in [5.41, 5.74) is 2.03. The minimum Gasteiger partial charge on any atom is -0.388 e. The molecule has 0 aliphatic carbocycles. The first kappa shape index (κ1) is 14.0. The molecule has 0 heterocycles. The van der Waals surface area contributed by atoms with E-state index in [0.717, 1.165) is 23.4 Å². The summed E-state index contributed by atoms with van der Waals surface area (Å²) in [4.78, 5) is 12.1. The summed E-state index contributed by atoms with van der Waals surface area (Å²) in [6.07, 6.45) is 0. The van der Waals surface area contributed by atoms with Crippen molar-refractivity contribution in [2.75, 3.05) is 17.7 Å². The molecule has 0 radical (unpaired) electrons. The van der Waals surface area contributed by atoms with Gasteiger partial charge in [-0.2, -0.15) is 0 Å². The van der Waals surface area contributed by atoms with Crippen molar-refractivity contribution in [1.29, 1.82) is 0 Å². The fourth-order valence-corrected chi connectivity index (χ4v) is 1.85. The molecule has 0 aromatic heterocycles. The molecule has 0 fully saturated rings. The third kappa shape index (κ3) is 2.93. The van der Waals surface area contributed by atoms with Gasteiger partial charge in [-0.05, 0) is 42.8 Å². The molecule has 5 heteroatoms. The lowest BCUT2D eigenvalue weighted by Gasteiger charge is -2.10. The maximum Gasteiger partial charge on any atom is 0.256 e. The van der Waals surface area contributed by atoms with E-state index in [1.807, 2.05) is 6.07 Å². The lowest BCUT2D eigenvalue weighted by atomic mass is 10.1. The molecule has 104 valence electrons. The van der Waals surface area contributed by atoms with Crippen LogP contribution < -0.4 is 10.6 Å². The number of aryl methyl sites for hydroxylation is 1. The van der Waals surface area contributed by atoms with Crippen LogP contribution in [0.3, 0.4) is 0 Å². The topological polar surface area (TPSA) is 41.1 Å². The van der Waals surface area contributed by atoms with Crippen molar-refractivity contribution in [2.45, 2.75) is 6.92 Å². The third-order valence-corrected chi connectivity index (χ3v) is 2.94. The number of nitrogens with one attached hydrogen (secondary N) is 2. The minimum atomic E-state index is -0.803. The molecule has 2 rings (SSSR count). The normalized spacial score (nSPS) is 10.2. The summed E-state index contributed by atoms with van der Waals surface area (Å²) in [7, 11) is 1.78. The molecule has 2 N–H and O–H groups in total. The molecule has 0 saturated carbocycles. The number of rotatable bonds is 3. The van der Waals surface area contributed by atoms with Crippen molar-refractivity contribution < 1.29 is 13.6 Å². The highest BCUT2D eigenvalue weighted by molar-refractivity contribution is 6.05. The van der Waals surface area contributed by atoms with Crippen molar-refractivity contribution in [3.05, 3.63) is 59.2 Å². The summed E-state index contributed by atoms with van der Waals surface area (Å²) < 4.78 is 26.3. The van der Waals surface area contributed by atoms with Gasteiger partial charge in [0.1, 0.15) is 11.6 Å². The quantitative estimate of drug-likeness (QED) is 0.899. The molecule has 0 aliphatic heterocycles. The molecule has 0 unspecified atom stereocenters. The Morgan fingerprint density at radius 3 is 2.45 bits per heavy atom. The van der Waals surface area contributed by atoms with Crippen molar-refractivity contribution in [1.82, 2.24) is 0 Å². The number of anilines is 2. The van der Waals surface area contributed by atoms with E-state index in [-0.39, 0.29) is 5.69 Å². The number of hydrogen-bond donors (Lipinski definition) is 2. The predicted octanol–water partition coefficient (Wildman–Crippen LogP) is 3.57. The minimum absolute atomic E-state index is 0.0477. The molecule has 0 bridgehead atoms. The van der Waals surface area contributed by atoms with Gasteiger partial charge in [0.15, 0.2) is 0 Å². The average molecular weight is 276 g/mol. The zero-order chi connectivity index (χ0) is 14.7. The number of amides is 1. The number of carbonyl (C=O) groups excluding carboxylic acids is 1. The van der Waals surface area contributed by atoms with Crippen molar-refractivity contribution >= 4 is 17.3 Å². The molecule has 3 nitrogen and oxygen atoms in total. The predicted molar refractivity (Wildman–Crippen MR) is 75.0 cm³/mol. The van der Waals surface area contributed by atoms with Gasteiger partial charge in [0.2, 0.25) is 0 Å². The maximum absolute atomic E-state index is 13.5. The van der Waals surface area contributed by atoms with Gasteiger partial charge < -0.3 is 10.6 Å². The Balaban J connectivity index is 2.24. The van der Waals surface area contributed by atoms with Crippen molar-refractivity contribution in [2.24, 2.45) is 0 Å². The number of benzene rings is 2. The Hall–Kier alpha value is -2.43. The second kappa shape index (κ2) is 5.69. The first-order valence-electron chi connectivity index (χ1n) is 6.06. The highest BCUT2D eigenvalue weighted by Gasteiger charge is 2.12. The fourth-order valence-electron chi connectivity index (χ4n) is 1.85. The lowest BCUT2D eigenvalue weighted by molar-refractivity contribution is 0.102. The van der Waals surface area contributed by atoms with Gasteiger partial charge in [0.05, 0.1) is 5.69 Å². The summed E-state index contributed by atoms with van der Waals surface area (Å²) in [5.74, 6) is -1.92. The number of carbonyl (C=O) groups is 1. The van der Waals surface area contributed by atoms with E-state index in [4.69, 9.17) is 0 Å². The van der Waals surface area contributed by atoms with E-state index in [1.54, 1.807) is 26.1 Å². The average Bonchev–Trinajstić information content (AvgIpc) is 2.41. The summed E-state index contributed by atoms with van der Waals surface area (Å²) in [5, 5.41) is 5.40. The van der Waals surface area contributed by atoms with Crippen molar-refractivity contribution in [3.8, 4) is 0 Å². The Labute approximate surface area is 115 Å². The van der Waals surface area contributed by atoms with Gasteiger partial charge in [0, 0.05) is 24.4 Å². The molecule has 20 heavy (non-hydrogen) atoms. The van der Waals surface area contributed by atoms with Crippen LogP contribution in [0.15, 0.2) is 36.4 Å². The van der Waals surface area contributed by atoms with Crippen LogP contribution in [0.25, 0.3) is 0 Å². The van der Waals surface area contributed by atoms with Crippen LogP contribution in [0.5, 0.6) is 0 Å². The third-order valence-electron chi connectivity index (χ3n) is 2.94. The van der Waals surface area contributed by atoms with Gasteiger partial charge in [-0.15, -0.1) is 0 Å².